The number of alkyl carbamates (subject to hydrolysis) is 1. The Kier molecular flexibility index (Phi) is 11.7. The molecule has 0 spiro atoms. The topological polar surface area (TPSA) is 102 Å². The van der Waals surface area contributed by atoms with Crippen LogP contribution in [0, 0.1) is 5.92 Å². The molecule has 2 atom stereocenters. The molecule has 0 aliphatic carbocycles. The van der Waals surface area contributed by atoms with E-state index < -0.39 is 24.3 Å². The Bertz CT molecular complexity index is 372. The summed E-state index contributed by atoms with van der Waals surface area (Å²) in [6, 6.07) is 0. The highest BCUT2D eigenvalue weighted by Gasteiger charge is 2.18. The Hall–Kier alpha value is -1.79. The van der Waals surface area contributed by atoms with E-state index in [1.807, 2.05) is 13.8 Å². The molecule has 0 aliphatic rings. The average Bonchev–Trinajstić information content (AvgIpc) is 2.46. The number of ether oxygens (including phenoxy) is 2. The van der Waals surface area contributed by atoms with Crippen LogP contribution in [-0.4, -0.2) is 36.0 Å². The number of carboxylic acid groups (broad SMARTS) is 1. The summed E-state index contributed by atoms with van der Waals surface area (Å²) in [4.78, 5) is 33.8. The summed E-state index contributed by atoms with van der Waals surface area (Å²) in [5.74, 6) is -1.22. The van der Waals surface area contributed by atoms with Crippen molar-refractivity contribution in [2.75, 3.05) is 6.54 Å². The summed E-state index contributed by atoms with van der Waals surface area (Å²) < 4.78 is 10.1. The van der Waals surface area contributed by atoms with Crippen LogP contribution in [0.2, 0.25) is 0 Å². The maximum Gasteiger partial charge on any atom is 0.410 e. The van der Waals surface area contributed by atoms with Gasteiger partial charge in [-0.25, -0.2) is 4.79 Å². The second kappa shape index (κ2) is 12.7. The fourth-order valence-corrected chi connectivity index (χ4v) is 2.15. The zero-order chi connectivity index (χ0) is 17.7. The first-order valence-corrected chi connectivity index (χ1v) is 8.28. The number of esters is 1. The Labute approximate surface area is 137 Å². The molecule has 0 radical (unpaired) electrons. The number of nitrogens with one attached hydrogen (secondary N) is 1. The molecule has 0 aromatic carbocycles. The number of aliphatic carboxylic acids is 1. The van der Waals surface area contributed by atoms with Crippen molar-refractivity contribution in [1.82, 2.24) is 5.32 Å². The van der Waals surface area contributed by atoms with Crippen molar-refractivity contribution < 1.29 is 29.0 Å². The third-order valence-electron chi connectivity index (χ3n) is 3.30. The first-order chi connectivity index (χ1) is 10.9. The first-order valence-electron chi connectivity index (χ1n) is 8.28. The predicted octanol–water partition coefficient (Wildman–Crippen LogP) is 3.07. The van der Waals surface area contributed by atoms with Crippen LogP contribution in [0.15, 0.2) is 0 Å². The molecule has 0 aromatic heterocycles. The van der Waals surface area contributed by atoms with Gasteiger partial charge in [0, 0.05) is 25.8 Å². The summed E-state index contributed by atoms with van der Waals surface area (Å²) in [6.07, 6.45) is 2.21. The van der Waals surface area contributed by atoms with Crippen LogP contribution in [0.3, 0.4) is 0 Å². The zero-order valence-electron chi connectivity index (χ0n) is 14.3. The van der Waals surface area contributed by atoms with Crippen molar-refractivity contribution >= 4 is 18.0 Å². The lowest BCUT2D eigenvalue weighted by Gasteiger charge is -2.18. The number of hydrogen-bond acceptors (Lipinski definition) is 5. The summed E-state index contributed by atoms with van der Waals surface area (Å²) in [7, 11) is 0. The summed E-state index contributed by atoms with van der Waals surface area (Å²) in [5, 5.41) is 11.4. The van der Waals surface area contributed by atoms with Crippen molar-refractivity contribution in [2.24, 2.45) is 5.92 Å². The minimum absolute atomic E-state index is 0.0298. The molecule has 0 aliphatic heterocycles. The molecule has 0 rings (SSSR count). The van der Waals surface area contributed by atoms with Gasteiger partial charge in [-0.2, -0.15) is 0 Å². The Balaban J connectivity index is 4.18. The third kappa shape index (κ3) is 11.4. The number of hydrogen-bond donors (Lipinski definition) is 2. The molecule has 7 heteroatoms. The van der Waals surface area contributed by atoms with E-state index in [2.05, 4.69) is 5.32 Å². The molecule has 1 amide bonds. The zero-order valence-corrected chi connectivity index (χ0v) is 14.3. The number of carbonyl (C=O) groups is 3. The summed E-state index contributed by atoms with van der Waals surface area (Å²) in [6.45, 7) is 5.89. The highest BCUT2D eigenvalue weighted by Crippen LogP contribution is 2.15. The SMILES string of the molecule is CCCC(CCNC(=O)OC(CCC)OC(=O)CC)CC(=O)O. The highest BCUT2D eigenvalue weighted by atomic mass is 16.7. The Morgan fingerprint density at radius 2 is 1.65 bits per heavy atom. The van der Waals surface area contributed by atoms with Gasteiger partial charge in [0.05, 0.1) is 0 Å². The molecule has 0 bridgehead atoms. The van der Waals surface area contributed by atoms with Crippen molar-refractivity contribution in [3.8, 4) is 0 Å². The maximum absolute atomic E-state index is 11.7. The predicted molar refractivity (Wildman–Crippen MR) is 84.8 cm³/mol. The number of carboxylic acids is 1. The van der Waals surface area contributed by atoms with Gasteiger partial charge in [-0.05, 0) is 18.8 Å². The van der Waals surface area contributed by atoms with Crippen LogP contribution in [-0.2, 0) is 19.1 Å². The van der Waals surface area contributed by atoms with Crippen LogP contribution in [0.4, 0.5) is 4.79 Å². The van der Waals surface area contributed by atoms with Crippen LogP contribution in [0.1, 0.15) is 65.7 Å². The molecule has 134 valence electrons. The minimum atomic E-state index is -0.877. The molecule has 2 N–H and O–H groups in total. The quantitative estimate of drug-likeness (QED) is 0.421. The molecule has 2 unspecified atom stereocenters. The molecule has 7 nitrogen and oxygen atoms in total. The smallest absolute Gasteiger partial charge is 0.410 e. The monoisotopic (exact) mass is 331 g/mol. The van der Waals surface area contributed by atoms with Crippen LogP contribution >= 0.6 is 0 Å². The molecular formula is C16H29NO6. The van der Waals surface area contributed by atoms with Crippen molar-refractivity contribution in [3.05, 3.63) is 0 Å². The van der Waals surface area contributed by atoms with E-state index in [0.29, 0.717) is 25.8 Å². The largest absolute Gasteiger partial charge is 0.481 e. The first kappa shape index (κ1) is 21.2. The van der Waals surface area contributed by atoms with Gasteiger partial charge in [0.15, 0.2) is 0 Å². The molecule has 0 fully saturated rings. The summed E-state index contributed by atoms with van der Waals surface area (Å²) >= 11 is 0. The van der Waals surface area contributed by atoms with Gasteiger partial charge < -0.3 is 19.9 Å². The lowest BCUT2D eigenvalue weighted by molar-refractivity contribution is -0.168. The third-order valence-corrected chi connectivity index (χ3v) is 3.30. The van der Waals surface area contributed by atoms with E-state index in [-0.39, 0.29) is 18.8 Å². The molecule has 0 heterocycles. The Morgan fingerprint density at radius 3 is 2.17 bits per heavy atom. The van der Waals surface area contributed by atoms with Gasteiger partial charge in [-0.15, -0.1) is 0 Å². The van der Waals surface area contributed by atoms with Gasteiger partial charge in [0.25, 0.3) is 0 Å². The highest BCUT2D eigenvalue weighted by molar-refractivity contribution is 5.70. The Morgan fingerprint density at radius 1 is 1.00 bits per heavy atom. The second-order valence-electron chi connectivity index (χ2n) is 5.43. The van der Waals surface area contributed by atoms with E-state index in [1.54, 1.807) is 6.92 Å². The van der Waals surface area contributed by atoms with Crippen molar-refractivity contribution in [3.63, 3.8) is 0 Å². The van der Waals surface area contributed by atoms with Gasteiger partial charge in [-0.3, -0.25) is 9.59 Å². The maximum atomic E-state index is 11.7. The summed E-state index contributed by atoms with van der Waals surface area (Å²) in [5.41, 5.74) is 0. The van der Waals surface area contributed by atoms with Crippen LogP contribution in [0.25, 0.3) is 0 Å². The van der Waals surface area contributed by atoms with Crippen LogP contribution in [0.5, 0.6) is 0 Å². The van der Waals surface area contributed by atoms with E-state index in [4.69, 9.17) is 14.6 Å². The fraction of sp³-hybridized carbons (Fsp3) is 0.812. The van der Waals surface area contributed by atoms with Crippen molar-refractivity contribution in [1.29, 1.82) is 0 Å². The molecule has 0 saturated heterocycles. The average molecular weight is 331 g/mol. The van der Waals surface area contributed by atoms with E-state index in [0.717, 1.165) is 12.8 Å². The number of amides is 1. The van der Waals surface area contributed by atoms with Gasteiger partial charge in [0.2, 0.25) is 6.29 Å². The van der Waals surface area contributed by atoms with Gasteiger partial charge in [0.1, 0.15) is 0 Å². The van der Waals surface area contributed by atoms with Crippen LogP contribution < -0.4 is 5.32 Å². The van der Waals surface area contributed by atoms with E-state index in [9.17, 15) is 14.4 Å². The lowest BCUT2D eigenvalue weighted by atomic mass is 9.96. The second-order valence-corrected chi connectivity index (χ2v) is 5.43. The standard InChI is InChI=1S/C16H29NO6/c1-4-7-12(11-13(18)19)9-10-17-16(21)23-15(8-5-2)22-14(20)6-3/h12,15H,4-11H2,1-3H3,(H,17,21)(H,18,19). The lowest BCUT2D eigenvalue weighted by Crippen LogP contribution is -2.32. The van der Waals surface area contributed by atoms with Crippen molar-refractivity contribution in [2.45, 2.75) is 72.0 Å². The normalized spacial score (nSPS) is 13.0. The van der Waals surface area contributed by atoms with Gasteiger partial charge >= 0.3 is 18.0 Å². The molecule has 0 aromatic rings. The van der Waals surface area contributed by atoms with E-state index >= 15 is 0 Å². The molecular weight excluding hydrogens is 302 g/mol. The van der Waals surface area contributed by atoms with E-state index in [1.165, 1.54) is 0 Å². The number of rotatable bonds is 12. The fourth-order valence-electron chi connectivity index (χ4n) is 2.15. The minimum Gasteiger partial charge on any atom is -0.481 e. The molecule has 23 heavy (non-hydrogen) atoms. The molecule has 0 saturated carbocycles. The number of carbonyl (C=O) groups excluding carboxylic acids is 2. The van der Waals surface area contributed by atoms with Gasteiger partial charge in [-0.1, -0.05) is 33.6 Å².